The maximum atomic E-state index is 11.1. The molecule has 1 amide bonds. The molecular weight excluding hydrogens is 242 g/mol. The maximum Gasteiger partial charge on any atom is 0.406 e. The van der Waals surface area contributed by atoms with E-state index in [0.717, 1.165) is 5.56 Å². The molecule has 94 valence electrons. The molecule has 0 saturated carbocycles. The molecule has 1 aromatic carbocycles. The minimum Gasteiger partial charge on any atom is -0.453 e. The van der Waals surface area contributed by atoms with Crippen LogP contribution in [-0.4, -0.2) is 26.9 Å². The molecule has 5 heteroatoms. The number of ether oxygens (including phenoxy) is 2. The SMILES string of the molecule is COC(=O)NCC(C)(OC)c1cccc(Cl)c1. The Bertz CT molecular complexity index is 397. The molecule has 1 rings (SSSR count). The van der Waals surface area contributed by atoms with Crippen LogP contribution >= 0.6 is 11.6 Å². The molecule has 0 heterocycles. The molecule has 0 aliphatic rings. The van der Waals surface area contributed by atoms with Gasteiger partial charge < -0.3 is 14.8 Å². The Labute approximate surface area is 106 Å². The molecule has 0 saturated heterocycles. The zero-order valence-electron chi connectivity index (χ0n) is 10.1. The Morgan fingerprint density at radius 3 is 2.71 bits per heavy atom. The van der Waals surface area contributed by atoms with E-state index in [4.69, 9.17) is 16.3 Å². The Kier molecular flexibility index (Phi) is 4.78. The van der Waals surface area contributed by atoms with Gasteiger partial charge in [0, 0.05) is 12.1 Å². The monoisotopic (exact) mass is 257 g/mol. The van der Waals surface area contributed by atoms with E-state index >= 15 is 0 Å². The average molecular weight is 258 g/mol. The van der Waals surface area contributed by atoms with Gasteiger partial charge in [0.25, 0.3) is 0 Å². The number of amides is 1. The Morgan fingerprint density at radius 1 is 1.47 bits per heavy atom. The molecule has 1 unspecified atom stereocenters. The van der Waals surface area contributed by atoms with E-state index in [1.54, 1.807) is 13.2 Å². The van der Waals surface area contributed by atoms with Crippen LogP contribution in [0.4, 0.5) is 4.79 Å². The third-order valence-electron chi connectivity index (χ3n) is 2.64. The van der Waals surface area contributed by atoms with Crippen LogP contribution in [0.5, 0.6) is 0 Å². The summed E-state index contributed by atoms with van der Waals surface area (Å²) in [5.41, 5.74) is 0.253. The molecular formula is C12H16ClNO3. The second-order valence-corrected chi connectivity index (χ2v) is 4.23. The van der Waals surface area contributed by atoms with Gasteiger partial charge in [-0.2, -0.15) is 0 Å². The van der Waals surface area contributed by atoms with Gasteiger partial charge in [-0.15, -0.1) is 0 Å². The summed E-state index contributed by atoms with van der Waals surface area (Å²) < 4.78 is 9.96. The van der Waals surface area contributed by atoms with E-state index in [-0.39, 0.29) is 0 Å². The van der Waals surface area contributed by atoms with Crippen LogP contribution in [0.1, 0.15) is 12.5 Å². The van der Waals surface area contributed by atoms with Crippen molar-refractivity contribution in [3.05, 3.63) is 34.9 Å². The Morgan fingerprint density at radius 2 is 2.18 bits per heavy atom. The van der Waals surface area contributed by atoms with Crippen LogP contribution in [0.2, 0.25) is 5.02 Å². The molecule has 0 aliphatic carbocycles. The van der Waals surface area contributed by atoms with E-state index in [9.17, 15) is 4.79 Å². The first-order valence-electron chi connectivity index (χ1n) is 5.15. The van der Waals surface area contributed by atoms with Crippen molar-refractivity contribution in [3.63, 3.8) is 0 Å². The quantitative estimate of drug-likeness (QED) is 0.902. The first kappa shape index (κ1) is 13.8. The van der Waals surface area contributed by atoms with Gasteiger partial charge in [0.1, 0.15) is 5.60 Å². The van der Waals surface area contributed by atoms with Gasteiger partial charge in [-0.3, -0.25) is 0 Å². The summed E-state index contributed by atoms with van der Waals surface area (Å²) in [7, 11) is 2.90. The van der Waals surface area contributed by atoms with Gasteiger partial charge >= 0.3 is 6.09 Å². The van der Waals surface area contributed by atoms with Crippen LogP contribution in [0.15, 0.2) is 24.3 Å². The zero-order valence-corrected chi connectivity index (χ0v) is 10.9. The van der Waals surface area contributed by atoms with E-state index < -0.39 is 11.7 Å². The van der Waals surface area contributed by atoms with E-state index in [1.165, 1.54) is 7.11 Å². The van der Waals surface area contributed by atoms with Crippen LogP contribution in [0.25, 0.3) is 0 Å². The zero-order chi connectivity index (χ0) is 12.9. The van der Waals surface area contributed by atoms with Gasteiger partial charge in [-0.05, 0) is 24.6 Å². The molecule has 0 fully saturated rings. The number of rotatable bonds is 4. The summed E-state index contributed by atoms with van der Waals surface area (Å²) in [6.07, 6.45) is -0.490. The lowest BCUT2D eigenvalue weighted by Gasteiger charge is -2.28. The van der Waals surface area contributed by atoms with Gasteiger partial charge in [-0.1, -0.05) is 23.7 Å². The van der Waals surface area contributed by atoms with Crippen LogP contribution in [0, 0.1) is 0 Å². The predicted octanol–water partition coefficient (Wildman–Crippen LogP) is 2.56. The molecule has 0 bridgehead atoms. The lowest BCUT2D eigenvalue weighted by Crippen LogP contribution is -2.40. The van der Waals surface area contributed by atoms with E-state index in [1.807, 2.05) is 25.1 Å². The van der Waals surface area contributed by atoms with Crippen molar-refractivity contribution < 1.29 is 14.3 Å². The fourth-order valence-electron chi connectivity index (χ4n) is 1.42. The van der Waals surface area contributed by atoms with Crippen molar-refractivity contribution in [1.82, 2.24) is 5.32 Å². The standard InChI is InChI=1S/C12H16ClNO3/c1-12(17-3,8-14-11(15)16-2)9-5-4-6-10(13)7-9/h4-7H,8H2,1-3H3,(H,14,15). The number of methoxy groups -OCH3 is 2. The molecule has 17 heavy (non-hydrogen) atoms. The van der Waals surface area contributed by atoms with Crippen molar-refractivity contribution in [2.45, 2.75) is 12.5 Å². The summed E-state index contributed by atoms with van der Waals surface area (Å²) >= 11 is 5.93. The van der Waals surface area contributed by atoms with Crippen molar-refractivity contribution in [3.8, 4) is 0 Å². The summed E-state index contributed by atoms with van der Waals surface area (Å²) in [6.45, 7) is 2.17. The maximum absolute atomic E-state index is 11.1. The third-order valence-corrected chi connectivity index (χ3v) is 2.88. The summed E-state index contributed by atoms with van der Waals surface area (Å²) in [5, 5.41) is 3.24. The Hall–Kier alpha value is -1.26. The minimum atomic E-state index is -0.640. The van der Waals surface area contributed by atoms with Crippen LogP contribution < -0.4 is 5.32 Å². The van der Waals surface area contributed by atoms with Gasteiger partial charge in [0.15, 0.2) is 0 Å². The highest BCUT2D eigenvalue weighted by molar-refractivity contribution is 6.30. The molecule has 1 atom stereocenters. The van der Waals surface area contributed by atoms with Crippen molar-refractivity contribution in [2.24, 2.45) is 0 Å². The Balaban J connectivity index is 2.84. The smallest absolute Gasteiger partial charge is 0.406 e. The lowest BCUT2D eigenvalue weighted by molar-refractivity contribution is 0.00295. The molecule has 1 N–H and O–H groups in total. The topological polar surface area (TPSA) is 47.6 Å². The normalized spacial score (nSPS) is 13.9. The van der Waals surface area contributed by atoms with Crippen LogP contribution in [0.3, 0.4) is 0 Å². The third kappa shape index (κ3) is 3.61. The number of halogens is 1. The molecule has 0 radical (unpaired) electrons. The number of nitrogens with one attached hydrogen (secondary N) is 1. The highest BCUT2D eigenvalue weighted by Crippen LogP contribution is 2.26. The number of carbonyl (C=O) groups excluding carboxylic acids is 1. The van der Waals surface area contributed by atoms with E-state index in [0.29, 0.717) is 11.6 Å². The number of carbonyl (C=O) groups is 1. The number of hydrogen-bond acceptors (Lipinski definition) is 3. The first-order chi connectivity index (χ1) is 8.01. The molecule has 0 spiro atoms. The van der Waals surface area contributed by atoms with Crippen molar-refractivity contribution >= 4 is 17.7 Å². The highest BCUT2D eigenvalue weighted by atomic mass is 35.5. The van der Waals surface area contributed by atoms with Gasteiger partial charge in [-0.25, -0.2) is 4.79 Å². The second-order valence-electron chi connectivity index (χ2n) is 3.79. The largest absolute Gasteiger partial charge is 0.453 e. The number of hydrogen-bond donors (Lipinski definition) is 1. The number of alkyl carbamates (subject to hydrolysis) is 1. The summed E-state index contributed by atoms with van der Waals surface area (Å²) in [6, 6.07) is 7.33. The van der Waals surface area contributed by atoms with E-state index in [2.05, 4.69) is 10.1 Å². The van der Waals surface area contributed by atoms with Gasteiger partial charge in [0.2, 0.25) is 0 Å². The lowest BCUT2D eigenvalue weighted by atomic mass is 9.96. The summed E-state index contributed by atoms with van der Waals surface area (Å²) in [5.74, 6) is 0. The fourth-order valence-corrected chi connectivity index (χ4v) is 1.61. The average Bonchev–Trinajstić information content (AvgIpc) is 2.35. The number of benzene rings is 1. The second kappa shape index (κ2) is 5.89. The predicted molar refractivity (Wildman–Crippen MR) is 66.2 cm³/mol. The van der Waals surface area contributed by atoms with Crippen LogP contribution in [-0.2, 0) is 15.1 Å². The fraction of sp³-hybridized carbons (Fsp3) is 0.417. The first-order valence-corrected chi connectivity index (χ1v) is 5.52. The van der Waals surface area contributed by atoms with Crippen molar-refractivity contribution in [2.75, 3.05) is 20.8 Å². The summed E-state index contributed by atoms with van der Waals surface area (Å²) in [4.78, 5) is 11.1. The molecule has 0 aliphatic heterocycles. The van der Waals surface area contributed by atoms with Gasteiger partial charge in [0.05, 0.1) is 13.7 Å². The molecule has 4 nitrogen and oxygen atoms in total. The molecule has 0 aromatic heterocycles. The highest BCUT2D eigenvalue weighted by Gasteiger charge is 2.27. The van der Waals surface area contributed by atoms with Crippen molar-refractivity contribution in [1.29, 1.82) is 0 Å². The molecule has 1 aromatic rings. The minimum absolute atomic E-state index is 0.302.